The molecule has 0 N–H and O–H groups in total. The van der Waals surface area contributed by atoms with Crippen LogP contribution in [0.1, 0.15) is 49.9 Å². The van der Waals surface area contributed by atoms with Crippen molar-refractivity contribution in [3.05, 3.63) is 459 Å². The Labute approximate surface area is 797 Å². The lowest BCUT2D eigenvalue weighted by atomic mass is 9.53. The van der Waals surface area contributed by atoms with Crippen LogP contribution in [-0.2, 0) is 10.8 Å². The van der Waals surface area contributed by atoms with Crippen LogP contribution in [-0.4, -0.2) is 23.1 Å². The van der Waals surface area contributed by atoms with Crippen molar-refractivity contribution >= 4 is 177 Å². The van der Waals surface area contributed by atoms with Crippen molar-refractivity contribution in [2.24, 2.45) is 0 Å². The van der Waals surface area contributed by atoms with Gasteiger partial charge in [0, 0.05) is 154 Å². The molecule has 24 aromatic rings. The van der Waals surface area contributed by atoms with E-state index in [9.17, 15) is 0 Å². The average Bonchev–Trinajstić information content (AvgIpc) is 1.43. The second-order valence-electron chi connectivity index (χ2n) is 38.3. The molecule has 6 aliphatic rings. The van der Waals surface area contributed by atoms with Gasteiger partial charge in [0.1, 0.15) is 0 Å². The monoisotopic (exact) mass is 1770 g/mol. The largest absolute Gasteiger partial charge is 0.422 e. The summed E-state index contributed by atoms with van der Waals surface area (Å²) in [5, 5.41) is 10.2. The molecule has 636 valence electrons. The van der Waals surface area contributed by atoms with Crippen molar-refractivity contribution in [1.82, 2.24) is 9.13 Å². The van der Waals surface area contributed by atoms with Gasteiger partial charge in [-0.1, -0.05) is 331 Å². The van der Waals surface area contributed by atoms with Crippen LogP contribution < -0.4 is 30.2 Å². The van der Waals surface area contributed by atoms with Crippen LogP contribution in [0.15, 0.2) is 437 Å². The molecule has 0 fully saturated rings. The number of nitrogens with zero attached hydrogens (tertiary/aromatic N) is 6. The second kappa shape index (κ2) is 29.1. The summed E-state index contributed by atoms with van der Waals surface area (Å²) in [6.45, 7) is 9.18. The Morgan fingerprint density at radius 2 is 0.493 bits per heavy atom. The molecule has 10 heteroatoms. The van der Waals surface area contributed by atoms with Gasteiger partial charge in [0.15, 0.2) is 0 Å². The number of hydrogen-bond donors (Lipinski definition) is 0. The number of para-hydroxylation sites is 6. The van der Waals surface area contributed by atoms with Gasteiger partial charge in [0.05, 0.1) is 31.5 Å². The molecule has 20 aromatic carbocycles. The Balaban J connectivity index is 0.000000132. The molecule has 0 unspecified atom stereocenters. The van der Waals surface area contributed by atoms with Crippen molar-refractivity contribution < 1.29 is 0 Å². The maximum atomic E-state index is 2.72. The fourth-order valence-electron chi connectivity index (χ4n) is 24.8. The molecule has 30 rings (SSSR count). The number of anilines is 8. The Morgan fingerprint density at radius 1 is 0.199 bits per heavy atom. The van der Waals surface area contributed by atoms with Gasteiger partial charge in [-0.2, -0.15) is 0 Å². The predicted molar refractivity (Wildman–Crippen MR) is 580 cm³/mol. The van der Waals surface area contributed by atoms with Gasteiger partial charge in [0.2, 0.25) is 0 Å². The average molecular weight is 1770 g/mol. The first kappa shape index (κ1) is 77.4. The van der Waals surface area contributed by atoms with Crippen molar-refractivity contribution in [2.75, 3.05) is 19.2 Å². The van der Waals surface area contributed by atoms with Crippen molar-refractivity contribution in [3.8, 4) is 100 Å². The molecule has 0 saturated heterocycles. The third kappa shape index (κ3) is 10.9. The number of fused-ring (bicyclic) bond motifs is 26. The highest BCUT2D eigenvalue weighted by Gasteiger charge is 2.52. The summed E-state index contributed by atoms with van der Waals surface area (Å²) in [5.74, 6) is 0. The van der Waals surface area contributed by atoms with Gasteiger partial charge >= 0.3 is 14.0 Å². The van der Waals surface area contributed by atoms with Gasteiger partial charge in [-0.15, -0.1) is 22.7 Å². The summed E-state index contributed by atoms with van der Waals surface area (Å²) < 4.78 is 10.0. The fraction of sp³-hybridized carbons (Fsp3) is 0.0476. The first-order valence-electron chi connectivity index (χ1n) is 47.4. The zero-order chi connectivity index (χ0) is 89.7. The van der Waals surface area contributed by atoms with Crippen LogP contribution in [0.3, 0.4) is 0 Å². The van der Waals surface area contributed by atoms with Crippen molar-refractivity contribution in [1.29, 1.82) is 0 Å². The molecule has 0 spiro atoms. The zero-order valence-corrected chi connectivity index (χ0v) is 76.9. The molecule has 0 radical (unpaired) electrons. The van der Waals surface area contributed by atoms with E-state index in [0.717, 1.165) is 0 Å². The third-order valence-corrected chi connectivity index (χ3v) is 33.1. The van der Waals surface area contributed by atoms with E-state index in [4.69, 9.17) is 0 Å². The summed E-state index contributed by atoms with van der Waals surface area (Å²) in [6, 6.07) is 164. The molecule has 0 atom stereocenters. The predicted octanol–water partition coefficient (Wildman–Crippen LogP) is 32.9. The zero-order valence-electron chi connectivity index (χ0n) is 75.2. The molecular weight excluding hydrogens is 1680 g/mol. The Morgan fingerprint density at radius 3 is 0.941 bits per heavy atom. The Hall–Kier alpha value is -16.2. The van der Waals surface area contributed by atoms with Gasteiger partial charge in [-0.3, -0.25) is 0 Å². The lowest BCUT2D eigenvalue weighted by Crippen LogP contribution is -2.62. The van der Waals surface area contributed by atoms with Crippen LogP contribution in [0.25, 0.3) is 184 Å². The standard InChI is InChI=1S/C66H48BN3.C60H36BN3S2/c1-65(2)52-27-12-8-23-48(52)62-54(65)29-17-33-60(62)69-58-32-15-11-21-44(58)46-25-16-26-47-51-40-42(41-35-37-57-50(39-41)45-22-10-14-31-56(45)68(57)43-19-6-5-7-20-43)36-38-59(51)70(67(69)64(46)47)61-34-18-30-55-63(61)49-24-9-13-28-53(49)66(55,3)4;1-2-15-39(16-3-1)62-50-25-8-4-18-41(50)48-35-37(31-33-51(48)62)38-32-34-53-49(36-38)45-22-12-21-44-40-17-5-9-26-52(40)63(54-27-13-23-46-42-19-6-10-29-56(42)65-59(46)54)61(58(44)45)64(53)55-28-14-24-47-43-20-7-11-30-57(43)66-60(47)55/h5-40H,1-4H3;1-36H. The summed E-state index contributed by atoms with van der Waals surface area (Å²) in [6.07, 6.45) is 0. The summed E-state index contributed by atoms with van der Waals surface area (Å²) in [5.41, 5.74) is 45.0. The molecule has 4 aromatic heterocycles. The van der Waals surface area contributed by atoms with E-state index >= 15 is 0 Å². The Kier molecular flexibility index (Phi) is 16.6. The lowest BCUT2D eigenvalue weighted by Gasteiger charge is -2.48. The normalized spacial score (nSPS) is 14.1. The van der Waals surface area contributed by atoms with Gasteiger partial charge in [-0.25, -0.2) is 0 Å². The molecule has 0 bridgehead atoms. The van der Waals surface area contributed by atoms with E-state index in [-0.39, 0.29) is 24.8 Å². The minimum Gasteiger partial charge on any atom is -0.361 e. The van der Waals surface area contributed by atoms with Crippen LogP contribution in [0.5, 0.6) is 0 Å². The van der Waals surface area contributed by atoms with Crippen LogP contribution in [0.2, 0.25) is 0 Å². The summed E-state index contributed by atoms with van der Waals surface area (Å²) in [7, 11) is 0. The molecule has 6 nitrogen and oxygen atoms in total. The number of rotatable bonds is 8. The van der Waals surface area contributed by atoms with E-state index in [1.165, 1.54) is 263 Å². The topological polar surface area (TPSA) is 22.8 Å². The molecule has 0 saturated carbocycles. The highest BCUT2D eigenvalue weighted by molar-refractivity contribution is 7.27. The fourth-order valence-corrected chi connectivity index (χ4v) is 27.2. The minimum absolute atomic E-state index is 0.148. The summed E-state index contributed by atoms with van der Waals surface area (Å²) >= 11 is 3.81. The number of hydrogen-bond acceptors (Lipinski definition) is 6. The smallest absolute Gasteiger partial charge is 0.361 e. The van der Waals surface area contributed by atoms with E-state index in [1.54, 1.807) is 0 Å². The molecular formula is C126H84B2N6S2. The number of aromatic nitrogens is 2. The van der Waals surface area contributed by atoms with Gasteiger partial charge < -0.3 is 28.4 Å². The SMILES string of the molecule is CC1(C)c2ccccc2-c2c(N3B4c5c(cccc5-c5cc(-c6ccc7c(c6)c6ccccc6n7-c6ccccc6)ccc5N4c4cccc5c4-c4ccccc4C5(C)C)-c4ccccc43)cccc21.c1ccc(-n2c3ccccc3c3cc(-c4ccc5c(c4)-c4cccc6c4B(N(c4cccc7c4sc4ccccc47)c4ccccc4-6)N5c4cccc5c4sc4ccccc45)ccc32)cc1. The third-order valence-electron chi connectivity index (χ3n) is 30.7. The second-order valence-corrected chi connectivity index (χ2v) is 40.4. The first-order valence-corrected chi connectivity index (χ1v) is 49.0. The molecule has 8 heterocycles. The van der Waals surface area contributed by atoms with Crippen molar-refractivity contribution in [2.45, 2.75) is 38.5 Å². The molecule has 4 aliphatic heterocycles. The first-order chi connectivity index (χ1) is 67.1. The maximum absolute atomic E-state index is 2.72. The van der Waals surface area contributed by atoms with Crippen molar-refractivity contribution in [3.63, 3.8) is 0 Å². The van der Waals surface area contributed by atoms with E-state index in [2.05, 4.69) is 493 Å². The van der Waals surface area contributed by atoms with E-state index in [1.807, 2.05) is 22.7 Å². The molecule has 2 aliphatic carbocycles. The summed E-state index contributed by atoms with van der Waals surface area (Å²) in [4.78, 5) is 10.8. The van der Waals surface area contributed by atoms with E-state index < -0.39 is 0 Å². The number of benzene rings is 20. The maximum Gasteiger partial charge on any atom is 0.422 e. The van der Waals surface area contributed by atoms with Crippen LogP contribution >= 0.6 is 22.7 Å². The van der Waals surface area contributed by atoms with Crippen LogP contribution in [0.4, 0.5) is 45.5 Å². The number of thiophene rings is 2. The molecule has 136 heavy (non-hydrogen) atoms. The van der Waals surface area contributed by atoms with Crippen LogP contribution in [0, 0.1) is 0 Å². The quantitative estimate of drug-likeness (QED) is 0.141. The van der Waals surface area contributed by atoms with Gasteiger partial charge in [-0.05, 0) is 222 Å². The Bertz CT molecular complexity index is 9270. The lowest BCUT2D eigenvalue weighted by molar-refractivity contribution is 0.660. The highest BCUT2D eigenvalue weighted by Crippen LogP contribution is 2.61. The minimum atomic E-state index is -0.218. The van der Waals surface area contributed by atoms with E-state index in [0.29, 0.717) is 0 Å². The highest BCUT2D eigenvalue weighted by atomic mass is 32.1. The van der Waals surface area contributed by atoms with Gasteiger partial charge in [0.25, 0.3) is 0 Å². The molecule has 0 amide bonds.